The standard InChI is InChI=1S/C27H32N4O4/c1-34-18-6-15-28-26(32)21-13-16-30(17-14-21)27(33)24-19-25(20-9-11-23(35-2)12-10-20)31(29-24)22-7-4-3-5-8-22/h3-5,7-12,19,21H,6,13-18H2,1-2H3,(H,28,32). The van der Waals surface area contributed by atoms with E-state index in [0.29, 0.717) is 44.8 Å². The number of para-hydroxylation sites is 1. The highest BCUT2D eigenvalue weighted by molar-refractivity contribution is 5.94. The van der Waals surface area contributed by atoms with Crippen molar-refractivity contribution in [3.8, 4) is 22.7 Å². The van der Waals surface area contributed by atoms with Crippen molar-refractivity contribution in [2.75, 3.05) is 40.5 Å². The fraction of sp³-hybridized carbons (Fsp3) is 0.370. The minimum Gasteiger partial charge on any atom is -0.497 e. The molecule has 8 heteroatoms. The van der Waals surface area contributed by atoms with Gasteiger partial charge in [-0.25, -0.2) is 4.68 Å². The molecule has 1 N–H and O–H groups in total. The number of hydrogen-bond donors (Lipinski definition) is 1. The molecular weight excluding hydrogens is 444 g/mol. The molecule has 35 heavy (non-hydrogen) atoms. The van der Waals surface area contributed by atoms with E-state index < -0.39 is 0 Å². The van der Waals surface area contributed by atoms with E-state index in [-0.39, 0.29) is 17.7 Å². The lowest BCUT2D eigenvalue weighted by molar-refractivity contribution is -0.126. The molecular formula is C27H32N4O4. The normalized spacial score (nSPS) is 14.1. The van der Waals surface area contributed by atoms with E-state index in [1.165, 1.54) is 0 Å². The number of benzene rings is 2. The fourth-order valence-electron chi connectivity index (χ4n) is 4.30. The zero-order valence-corrected chi connectivity index (χ0v) is 20.3. The molecule has 1 aliphatic heterocycles. The maximum absolute atomic E-state index is 13.4. The van der Waals surface area contributed by atoms with Gasteiger partial charge in [0.15, 0.2) is 5.69 Å². The predicted octanol–water partition coefficient (Wildman–Crippen LogP) is 3.55. The second kappa shape index (κ2) is 11.7. The first kappa shape index (κ1) is 24.5. The Balaban J connectivity index is 1.48. The summed E-state index contributed by atoms with van der Waals surface area (Å²) in [7, 11) is 3.28. The molecule has 0 bridgehead atoms. The molecule has 2 aromatic carbocycles. The van der Waals surface area contributed by atoms with Crippen LogP contribution in [0.2, 0.25) is 0 Å². The van der Waals surface area contributed by atoms with E-state index in [1.54, 1.807) is 23.8 Å². The lowest BCUT2D eigenvalue weighted by atomic mass is 9.95. The van der Waals surface area contributed by atoms with Gasteiger partial charge in [-0.3, -0.25) is 9.59 Å². The Morgan fingerprint density at radius 3 is 2.40 bits per heavy atom. The van der Waals surface area contributed by atoms with Gasteiger partial charge in [-0.2, -0.15) is 5.10 Å². The van der Waals surface area contributed by atoms with E-state index in [0.717, 1.165) is 29.1 Å². The zero-order chi connectivity index (χ0) is 24.6. The molecule has 0 aliphatic carbocycles. The maximum Gasteiger partial charge on any atom is 0.274 e. The molecule has 2 amide bonds. The van der Waals surface area contributed by atoms with Gasteiger partial charge in [-0.1, -0.05) is 18.2 Å². The summed E-state index contributed by atoms with van der Waals surface area (Å²) in [6.45, 7) is 2.30. The average molecular weight is 477 g/mol. The van der Waals surface area contributed by atoms with Crippen LogP contribution in [0.3, 0.4) is 0 Å². The molecule has 2 heterocycles. The number of hydrogen-bond acceptors (Lipinski definition) is 5. The Kier molecular flexibility index (Phi) is 8.15. The number of likely N-dealkylation sites (tertiary alicyclic amines) is 1. The summed E-state index contributed by atoms with van der Waals surface area (Å²) in [6.07, 6.45) is 2.08. The van der Waals surface area contributed by atoms with Crippen molar-refractivity contribution in [3.05, 3.63) is 66.4 Å². The highest BCUT2D eigenvalue weighted by Crippen LogP contribution is 2.27. The van der Waals surface area contributed by atoms with Crippen LogP contribution in [0.25, 0.3) is 16.9 Å². The van der Waals surface area contributed by atoms with Crippen LogP contribution in [0, 0.1) is 5.92 Å². The number of nitrogens with one attached hydrogen (secondary N) is 1. The second-order valence-electron chi connectivity index (χ2n) is 8.59. The molecule has 1 fully saturated rings. The summed E-state index contributed by atoms with van der Waals surface area (Å²) < 4.78 is 12.1. The topological polar surface area (TPSA) is 85.7 Å². The quantitative estimate of drug-likeness (QED) is 0.478. The molecule has 1 aliphatic rings. The third kappa shape index (κ3) is 5.89. The van der Waals surface area contributed by atoms with Gasteiger partial charge in [0.1, 0.15) is 5.75 Å². The van der Waals surface area contributed by atoms with Crippen LogP contribution < -0.4 is 10.1 Å². The van der Waals surface area contributed by atoms with Crippen molar-refractivity contribution in [2.24, 2.45) is 5.92 Å². The van der Waals surface area contributed by atoms with Crippen LogP contribution in [0.5, 0.6) is 5.75 Å². The first-order valence-electron chi connectivity index (χ1n) is 12.0. The minimum atomic E-state index is -0.117. The predicted molar refractivity (Wildman–Crippen MR) is 134 cm³/mol. The number of ether oxygens (including phenoxy) is 2. The second-order valence-corrected chi connectivity index (χ2v) is 8.59. The van der Waals surface area contributed by atoms with Gasteiger partial charge >= 0.3 is 0 Å². The highest BCUT2D eigenvalue weighted by atomic mass is 16.5. The molecule has 0 spiro atoms. The molecule has 1 aromatic heterocycles. The lowest BCUT2D eigenvalue weighted by Crippen LogP contribution is -2.43. The monoisotopic (exact) mass is 476 g/mol. The number of carbonyl (C=O) groups is 2. The first-order chi connectivity index (χ1) is 17.1. The van der Waals surface area contributed by atoms with E-state index in [4.69, 9.17) is 9.47 Å². The fourth-order valence-corrected chi connectivity index (χ4v) is 4.30. The van der Waals surface area contributed by atoms with Crippen molar-refractivity contribution < 1.29 is 19.1 Å². The summed E-state index contributed by atoms with van der Waals surface area (Å²) in [4.78, 5) is 27.6. The number of nitrogens with zero attached hydrogens (tertiary/aromatic N) is 3. The van der Waals surface area contributed by atoms with Crippen LogP contribution in [0.4, 0.5) is 0 Å². The number of piperidine rings is 1. The van der Waals surface area contributed by atoms with Gasteiger partial charge in [0.2, 0.25) is 5.91 Å². The Morgan fingerprint density at radius 1 is 1.03 bits per heavy atom. The summed E-state index contributed by atoms with van der Waals surface area (Å²) in [6, 6.07) is 19.3. The molecule has 0 unspecified atom stereocenters. The molecule has 0 radical (unpaired) electrons. The Hall–Kier alpha value is -3.65. The van der Waals surface area contributed by atoms with Crippen molar-refractivity contribution in [3.63, 3.8) is 0 Å². The molecule has 8 nitrogen and oxygen atoms in total. The number of rotatable bonds is 9. The molecule has 0 saturated carbocycles. The zero-order valence-electron chi connectivity index (χ0n) is 20.3. The van der Waals surface area contributed by atoms with Crippen LogP contribution in [0.1, 0.15) is 29.8 Å². The average Bonchev–Trinajstić information content (AvgIpc) is 3.37. The number of carbonyl (C=O) groups excluding carboxylic acids is 2. The molecule has 1 saturated heterocycles. The van der Waals surface area contributed by atoms with E-state index in [1.807, 2.05) is 60.7 Å². The van der Waals surface area contributed by atoms with E-state index in [2.05, 4.69) is 10.4 Å². The largest absolute Gasteiger partial charge is 0.497 e. The van der Waals surface area contributed by atoms with Gasteiger partial charge < -0.3 is 19.7 Å². The van der Waals surface area contributed by atoms with Crippen molar-refractivity contribution in [1.82, 2.24) is 20.0 Å². The third-order valence-electron chi connectivity index (χ3n) is 6.29. The van der Waals surface area contributed by atoms with Gasteiger partial charge in [-0.05, 0) is 61.7 Å². The number of methoxy groups -OCH3 is 2. The van der Waals surface area contributed by atoms with Crippen LogP contribution >= 0.6 is 0 Å². The lowest BCUT2D eigenvalue weighted by Gasteiger charge is -2.30. The highest BCUT2D eigenvalue weighted by Gasteiger charge is 2.29. The van der Waals surface area contributed by atoms with Crippen molar-refractivity contribution in [2.45, 2.75) is 19.3 Å². The molecule has 0 atom stereocenters. The van der Waals surface area contributed by atoms with Crippen molar-refractivity contribution >= 4 is 11.8 Å². The van der Waals surface area contributed by atoms with Gasteiger partial charge in [0.25, 0.3) is 5.91 Å². The first-order valence-corrected chi connectivity index (χ1v) is 12.0. The number of aromatic nitrogens is 2. The molecule has 184 valence electrons. The molecule has 4 rings (SSSR count). The smallest absolute Gasteiger partial charge is 0.274 e. The van der Waals surface area contributed by atoms with Crippen LogP contribution in [0.15, 0.2) is 60.7 Å². The maximum atomic E-state index is 13.4. The Labute approximate surface area is 205 Å². The van der Waals surface area contributed by atoms with Gasteiger partial charge in [0, 0.05) is 44.8 Å². The SMILES string of the molecule is COCCCNC(=O)C1CCN(C(=O)c2cc(-c3ccc(OC)cc3)n(-c3ccccc3)n2)CC1. The Bertz CT molecular complexity index is 1120. The molecule has 3 aromatic rings. The third-order valence-corrected chi connectivity index (χ3v) is 6.29. The van der Waals surface area contributed by atoms with Gasteiger partial charge in [0.05, 0.1) is 18.5 Å². The van der Waals surface area contributed by atoms with E-state index in [9.17, 15) is 9.59 Å². The summed E-state index contributed by atoms with van der Waals surface area (Å²) in [5.74, 6) is 0.636. The Morgan fingerprint density at radius 2 is 1.74 bits per heavy atom. The summed E-state index contributed by atoms with van der Waals surface area (Å²) in [5, 5.41) is 7.66. The van der Waals surface area contributed by atoms with Crippen LogP contribution in [-0.4, -0.2) is 67.0 Å². The van der Waals surface area contributed by atoms with E-state index >= 15 is 0 Å². The summed E-state index contributed by atoms with van der Waals surface area (Å²) >= 11 is 0. The minimum absolute atomic E-state index is 0.0587. The van der Waals surface area contributed by atoms with Crippen LogP contribution in [-0.2, 0) is 9.53 Å². The van der Waals surface area contributed by atoms with Crippen molar-refractivity contribution in [1.29, 1.82) is 0 Å². The van der Waals surface area contributed by atoms with Gasteiger partial charge in [-0.15, -0.1) is 0 Å². The summed E-state index contributed by atoms with van der Waals surface area (Å²) in [5.41, 5.74) is 3.03. The number of amides is 2.